The molecular weight excluding hydrogens is 286 g/mol. The molecule has 1 aliphatic carbocycles. The maximum Gasteiger partial charge on any atom is 0.253 e. The lowest BCUT2D eigenvalue weighted by molar-refractivity contribution is 0.0925. The van der Waals surface area contributed by atoms with Crippen LogP contribution in [0.1, 0.15) is 41.6 Å². The van der Waals surface area contributed by atoms with E-state index < -0.39 is 0 Å². The summed E-state index contributed by atoms with van der Waals surface area (Å²) in [6, 6.07) is 10.6. The molecule has 120 valence electrons. The molecule has 1 saturated carbocycles. The standard InChI is InChI=1S/C19H23N3O/c1-13-2-4-14(5-3-13)15-10-16(12-21-11-15)19(23)22-18-8-6-17(20)7-9-18/h2-5,10-12,17-18H,6-9,20H2,1H3,(H,22,23). The summed E-state index contributed by atoms with van der Waals surface area (Å²) >= 11 is 0. The van der Waals surface area contributed by atoms with Gasteiger partial charge in [0.25, 0.3) is 5.91 Å². The number of pyridine rings is 1. The van der Waals surface area contributed by atoms with Gasteiger partial charge in [-0.05, 0) is 44.2 Å². The van der Waals surface area contributed by atoms with Gasteiger partial charge in [0.15, 0.2) is 0 Å². The van der Waals surface area contributed by atoms with Crippen molar-refractivity contribution < 1.29 is 4.79 Å². The van der Waals surface area contributed by atoms with E-state index in [1.807, 2.05) is 6.07 Å². The largest absolute Gasteiger partial charge is 0.349 e. The normalized spacial score (nSPS) is 21.0. The van der Waals surface area contributed by atoms with Crippen molar-refractivity contribution in [3.63, 3.8) is 0 Å². The third-order valence-corrected chi connectivity index (χ3v) is 4.49. The molecule has 0 aliphatic heterocycles. The Kier molecular flexibility index (Phi) is 4.72. The fraction of sp³-hybridized carbons (Fsp3) is 0.368. The van der Waals surface area contributed by atoms with Gasteiger partial charge in [-0.3, -0.25) is 9.78 Å². The summed E-state index contributed by atoms with van der Waals surface area (Å²) < 4.78 is 0. The first-order valence-corrected chi connectivity index (χ1v) is 8.20. The summed E-state index contributed by atoms with van der Waals surface area (Å²) in [6.45, 7) is 2.06. The summed E-state index contributed by atoms with van der Waals surface area (Å²) in [5, 5.41) is 3.11. The first-order chi connectivity index (χ1) is 11.1. The molecule has 1 aliphatic rings. The lowest BCUT2D eigenvalue weighted by Gasteiger charge is -2.26. The number of carbonyl (C=O) groups excluding carboxylic acids is 1. The van der Waals surface area contributed by atoms with E-state index in [4.69, 9.17) is 5.73 Å². The van der Waals surface area contributed by atoms with Gasteiger partial charge >= 0.3 is 0 Å². The Hall–Kier alpha value is -2.20. The lowest BCUT2D eigenvalue weighted by atomic mass is 9.91. The Balaban J connectivity index is 1.71. The summed E-state index contributed by atoms with van der Waals surface area (Å²) in [7, 11) is 0. The Morgan fingerprint density at radius 1 is 1.09 bits per heavy atom. The second-order valence-electron chi connectivity index (χ2n) is 6.41. The van der Waals surface area contributed by atoms with E-state index in [1.54, 1.807) is 12.4 Å². The first-order valence-electron chi connectivity index (χ1n) is 8.20. The van der Waals surface area contributed by atoms with Crippen LogP contribution >= 0.6 is 0 Å². The maximum atomic E-state index is 12.4. The van der Waals surface area contributed by atoms with Crippen LogP contribution in [0.5, 0.6) is 0 Å². The molecule has 1 aromatic heterocycles. The zero-order valence-corrected chi connectivity index (χ0v) is 13.5. The molecule has 0 bridgehead atoms. The van der Waals surface area contributed by atoms with Gasteiger partial charge in [0.1, 0.15) is 0 Å². The number of aromatic nitrogens is 1. The van der Waals surface area contributed by atoms with Crippen molar-refractivity contribution in [2.75, 3.05) is 0 Å². The molecule has 3 N–H and O–H groups in total. The number of hydrogen-bond donors (Lipinski definition) is 2. The lowest BCUT2D eigenvalue weighted by Crippen LogP contribution is -2.40. The van der Waals surface area contributed by atoms with E-state index in [0.717, 1.165) is 36.8 Å². The van der Waals surface area contributed by atoms with Crippen LogP contribution in [0.4, 0.5) is 0 Å². The van der Waals surface area contributed by atoms with Crippen molar-refractivity contribution in [3.05, 3.63) is 53.9 Å². The number of aryl methyl sites for hydroxylation is 1. The number of rotatable bonds is 3. The molecule has 1 heterocycles. The van der Waals surface area contributed by atoms with Crippen LogP contribution in [0.3, 0.4) is 0 Å². The van der Waals surface area contributed by atoms with Gasteiger partial charge in [-0.15, -0.1) is 0 Å². The van der Waals surface area contributed by atoms with Crippen LogP contribution < -0.4 is 11.1 Å². The summed E-state index contributed by atoms with van der Waals surface area (Å²) in [4.78, 5) is 16.7. The zero-order chi connectivity index (χ0) is 16.2. The average molecular weight is 309 g/mol. The van der Waals surface area contributed by atoms with Crippen molar-refractivity contribution in [2.24, 2.45) is 5.73 Å². The van der Waals surface area contributed by atoms with Gasteiger partial charge in [0.05, 0.1) is 5.56 Å². The van der Waals surface area contributed by atoms with Crippen molar-refractivity contribution >= 4 is 5.91 Å². The molecule has 4 nitrogen and oxygen atoms in total. The van der Waals surface area contributed by atoms with Gasteiger partial charge < -0.3 is 11.1 Å². The van der Waals surface area contributed by atoms with Crippen molar-refractivity contribution in [2.45, 2.75) is 44.7 Å². The van der Waals surface area contributed by atoms with Gasteiger partial charge in [-0.2, -0.15) is 0 Å². The molecule has 0 radical (unpaired) electrons. The van der Waals surface area contributed by atoms with Gasteiger partial charge in [-0.1, -0.05) is 29.8 Å². The Bertz CT molecular complexity index is 673. The molecule has 4 heteroatoms. The third kappa shape index (κ3) is 3.96. The predicted octanol–water partition coefficient (Wildman–Crippen LogP) is 3.06. The smallest absolute Gasteiger partial charge is 0.253 e. The highest BCUT2D eigenvalue weighted by Crippen LogP contribution is 2.21. The molecule has 0 spiro atoms. The van der Waals surface area contributed by atoms with Crippen LogP contribution in [0, 0.1) is 6.92 Å². The van der Waals surface area contributed by atoms with E-state index in [0.29, 0.717) is 5.56 Å². The van der Waals surface area contributed by atoms with Crippen LogP contribution in [0.25, 0.3) is 11.1 Å². The third-order valence-electron chi connectivity index (χ3n) is 4.49. The number of nitrogens with two attached hydrogens (primary N) is 1. The van der Waals surface area contributed by atoms with E-state index >= 15 is 0 Å². The molecule has 0 unspecified atom stereocenters. The number of benzene rings is 1. The number of amides is 1. The molecule has 23 heavy (non-hydrogen) atoms. The van der Waals surface area contributed by atoms with E-state index in [9.17, 15) is 4.79 Å². The molecule has 1 amide bonds. The summed E-state index contributed by atoms with van der Waals surface area (Å²) in [6.07, 6.45) is 7.29. The van der Waals surface area contributed by atoms with Crippen molar-refractivity contribution in [3.8, 4) is 11.1 Å². The zero-order valence-electron chi connectivity index (χ0n) is 13.5. The SMILES string of the molecule is Cc1ccc(-c2cncc(C(=O)NC3CCC(N)CC3)c2)cc1. The average Bonchev–Trinajstić information content (AvgIpc) is 2.58. The Labute approximate surface area is 137 Å². The minimum Gasteiger partial charge on any atom is -0.349 e. The number of hydrogen-bond acceptors (Lipinski definition) is 3. The van der Waals surface area contributed by atoms with Crippen LogP contribution in [-0.4, -0.2) is 23.0 Å². The summed E-state index contributed by atoms with van der Waals surface area (Å²) in [5.74, 6) is -0.0491. The molecule has 3 rings (SSSR count). The quantitative estimate of drug-likeness (QED) is 0.915. The van der Waals surface area contributed by atoms with Crippen LogP contribution in [-0.2, 0) is 0 Å². The maximum absolute atomic E-state index is 12.4. The first kappa shape index (κ1) is 15.7. The molecule has 0 saturated heterocycles. The van der Waals surface area contributed by atoms with Crippen LogP contribution in [0.2, 0.25) is 0 Å². The van der Waals surface area contributed by atoms with E-state index in [-0.39, 0.29) is 18.0 Å². The molecule has 1 aromatic carbocycles. The number of carbonyl (C=O) groups is 1. The molecule has 2 aromatic rings. The minimum absolute atomic E-state index is 0.0491. The highest BCUT2D eigenvalue weighted by atomic mass is 16.1. The van der Waals surface area contributed by atoms with Crippen LogP contribution in [0.15, 0.2) is 42.7 Å². The minimum atomic E-state index is -0.0491. The topological polar surface area (TPSA) is 68.0 Å². The summed E-state index contributed by atoms with van der Waals surface area (Å²) in [5.41, 5.74) is 9.77. The highest BCUT2D eigenvalue weighted by molar-refractivity contribution is 5.95. The number of nitrogens with zero attached hydrogens (tertiary/aromatic N) is 1. The fourth-order valence-corrected chi connectivity index (χ4v) is 3.00. The van der Waals surface area contributed by atoms with E-state index in [2.05, 4.69) is 41.5 Å². The highest BCUT2D eigenvalue weighted by Gasteiger charge is 2.20. The van der Waals surface area contributed by atoms with Crippen molar-refractivity contribution in [1.29, 1.82) is 0 Å². The Morgan fingerprint density at radius 3 is 2.48 bits per heavy atom. The number of nitrogens with one attached hydrogen (secondary N) is 1. The molecular formula is C19H23N3O. The molecule has 1 fully saturated rings. The Morgan fingerprint density at radius 2 is 1.78 bits per heavy atom. The van der Waals surface area contributed by atoms with Gasteiger partial charge in [0, 0.05) is 30.0 Å². The van der Waals surface area contributed by atoms with E-state index in [1.165, 1.54) is 5.56 Å². The van der Waals surface area contributed by atoms with Gasteiger partial charge in [0.2, 0.25) is 0 Å². The van der Waals surface area contributed by atoms with Gasteiger partial charge in [-0.25, -0.2) is 0 Å². The second-order valence-corrected chi connectivity index (χ2v) is 6.41. The van der Waals surface area contributed by atoms with Crippen molar-refractivity contribution in [1.82, 2.24) is 10.3 Å². The monoisotopic (exact) mass is 309 g/mol. The molecule has 0 atom stereocenters. The predicted molar refractivity (Wildman–Crippen MR) is 92.1 cm³/mol. The second kappa shape index (κ2) is 6.92. The fourth-order valence-electron chi connectivity index (χ4n) is 3.00.